The fourth-order valence-electron chi connectivity index (χ4n) is 0.153. The van der Waals surface area contributed by atoms with Crippen LogP contribution in [0, 0.1) is 0 Å². The molecule has 0 amide bonds. The topological polar surface area (TPSA) is 86.7 Å². The highest BCUT2D eigenvalue weighted by atomic mass is 35.5. The van der Waals surface area contributed by atoms with Gasteiger partial charge < -0.3 is 21.1 Å². The van der Waals surface area contributed by atoms with Crippen molar-refractivity contribution in [2.24, 2.45) is 5.73 Å². The Morgan fingerprint density at radius 3 is 1.88 bits per heavy atom. The van der Waals surface area contributed by atoms with E-state index in [1.54, 1.807) is 0 Å². The van der Waals surface area contributed by atoms with Crippen LogP contribution in [0.3, 0.4) is 0 Å². The molecule has 0 saturated carbocycles. The molecule has 8 heavy (non-hydrogen) atoms. The van der Waals surface area contributed by atoms with Crippen LogP contribution in [0.2, 0.25) is 0 Å². The molecule has 0 aromatic heterocycles. The first-order valence-electron chi connectivity index (χ1n) is 1.66. The molecule has 0 aromatic carbocycles. The Morgan fingerprint density at radius 1 is 1.50 bits per heavy atom. The van der Waals surface area contributed by atoms with E-state index in [2.05, 4.69) is 5.73 Å². The van der Waals surface area contributed by atoms with E-state index in [-0.39, 0.29) is 12.4 Å². The highest BCUT2D eigenvalue weighted by Crippen LogP contribution is 1.79. The van der Waals surface area contributed by atoms with E-state index < -0.39 is 12.2 Å². The molecule has 0 aliphatic heterocycles. The maximum absolute atomic E-state index is 8.10. The third-order valence-electron chi connectivity index (χ3n) is 0.320. The van der Waals surface area contributed by atoms with Crippen molar-refractivity contribution in [3.63, 3.8) is 0 Å². The molecule has 4 nitrogen and oxygen atoms in total. The lowest BCUT2D eigenvalue weighted by molar-refractivity contribution is 0.166. The first-order chi connectivity index (χ1) is 3.13. The molecule has 0 bridgehead atoms. The molecule has 0 aliphatic carbocycles. The molecule has 0 radical (unpaired) electrons. The zero-order valence-electron chi connectivity index (χ0n) is 3.98. The molecule has 0 fully saturated rings. The molecule has 1 atom stereocenters. The average Bonchev–Trinajstić information content (AvgIpc) is 1.27. The third kappa shape index (κ3) is 9.12. The number of aliphatic hydroxyl groups excluding tert-OH is 2. The smallest absolute Gasteiger partial charge is 0.273 e. The van der Waals surface area contributed by atoms with Gasteiger partial charge in [0.05, 0.1) is 0 Å². The van der Waals surface area contributed by atoms with E-state index in [1.165, 1.54) is 0 Å². The number of hydrogen-bond donors (Lipinski definition) is 4. The maximum atomic E-state index is 8.10. The molecule has 0 heterocycles. The summed E-state index contributed by atoms with van der Waals surface area (Å²) in [5.74, 6) is -0.963. The Morgan fingerprint density at radius 2 is 1.88 bits per heavy atom. The standard InChI is InChI=1S/C3H7NO3.ClH/c4-2(5)1-3(6)7;/h1-2,5-7H,4H2;1H. The zero-order chi connectivity index (χ0) is 5.86. The van der Waals surface area contributed by atoms with Gasteiger partial charge in [-0.3, -0.25) is 0 Å². The van der Waals surface area contributed by atoms with Gasteiger partial charge in [0.25, 0.3) is 5.95 Å². The van der Waals surface area contributed by atoms with Crippen molar-refractivity contribution < 1.29 is 15.3 Å². The second kappa shape index (κ2) is 4.70. The van der Waals surface area contributed by atoms with E-state index >= 15 is 0 Å². The number of halogens is 1. The summed E-state index contributed by atoms with van der Waals surface area (Å²) < 4.78 is 0. The summed E-state index contributed by atoms with van der Waals surface area (Å²) in [4.78, 5) is 0. The molecular weight excluding hydrogens is 133 g/mol. The fourth-order valence-corrected chi connectivity index (χ4v) is 0.153. The van der Waals surface area contributed by atoms with Gasteiger partial charge >= 0.3 is 0 Å². The van der Waals surface area contributed by atoms with Gasteiger partial charge in [0.1, 0.15) is 6.23 Å². The molecule has 0 aliphatic rings. The SMILES string of the molecule is Cl.NC(O)C=C(O)O. The van der Waals surface area contributed by atoms with Gasteiger partial charge in [0.2, 0.25) is 0 Å². The molecule has 0 spiro atoms. The van der Waals surface area contributed by atoms with Crippen LogP contribution < -0.4 is 5.73 Å². The Hall–Kier alpha value is -0.450. The molecular formula is C3H8ClNO3. The molecule has 5 heteroatoms. The molecule has 50 valence electrons. The monoisotopic (exact) mass is 141 g/mol. The van der Waals surface area contributed by atoms with Gasteiger partial charge in [-0.25, -0.2) is 0 Å². The highest BCUT2D eigenvalue weighted by Gasteiger charge is 1.88. The molecule has 5 N–H and O–H groups in total. The van der Waals surface area contributed by atoms with Gasteiger partial charge in [-0.15, -0.1) is 12.4 Å². The van der Waals surface area contributed by atoms with Crippen LogP contribution in [-0.4, -0.2) is 21.5 Å². The van der Waals surface area contributed by atoms with Crippen molar-refractivity contribution in [1.82, 2.24) is 0 Å². The second-order valence-corrected chi connectivity index (χ2v) is 1.02. The summed E-state index contributed by atoms with van der Waals surface area (Å²) in [6.45, 7) is 0. The van der Waals surface area contributed by atoms with Crippen molar-refractivity contribution >= 4 is 12.4 Å². The summed E-state index contributed by atoms with van der Waals surface area (Å²) in [6, 6.07) is 0. The molecule has 0 aromatic rings. The van der Waals surface area contributed by atoms with Crippen LogP contribution in [0.15, 0.2) is 12.0 Å². The lowest BCUT2D eigenvalue weighted by atomic mass is 10.5. The summed E-state index contributed by atoms with van der Waals surface area (Å²) >= 11 is 0. The minimum Gasteiger partial charge on any atom is -0.481 e. The van der Waals surface area contributed by atoms with Crippen LogP contribution in [0.25, 0.3) is 0 Å². The predicted octanol–water partition coefficient (Wildman–Crippen LogP) is -0.357. The van der Waals surface area contributed by atoms with Crippen LogP contribution in [0.5, 0.6) is 0 Å². The number of hydrogen-bond acceptors (Lipinski definition) is 4. The second-order valence-electron chi connectivity index (χ2n) is 1.02. The highest BCUT2D eigenvalue weighted by molar-refractivity contribution is 5.85. The normalized spacial score (nSPS) is 11.2. The Kier molecular flexibility index (Phi) is 6.18. The van der Waals surface area contributed by atoms with Gasteiger partial charge in [0.15, 0.2) is 0 Å². The van der Waals surface area contributed by atoms with Crippen molar-refractivity contribution in [1.29, 1.82) is 0 Å². The minimum absolute atomic E-state index is 0. The van der Waals surface area contributed by atoms with E-state index in [0.717, 1.165) is 0 Å². The lowest BCUT2D eigenvalue weighted by Gasteiger charge is -1.91. The van der Waals surface area contributed by atoms with Gasteiger partial charge in [-0.2, -0.15) is 0 Å². The zero-order valence-corrected chi connectivity index (χ0v) is 4.80. The van der Waals surface area contributed by atoms with Crippen molar-refractivity contribution in [2.45, 2.75) is 6.23 Å². The Balaban J connectivity index is 0. The molecule has 1 unspecified atom stereocenters. The Bertz CT molecular complexity index is 78.6. The van der Waals surface area contributed by atoms with E-state index in [4.69, 9.17) is 15.3 Å². The lowest BCUT2D eigenvalue weighted by Crippen LogP contribution is -2.15. The van der Waals surface area contributed by atoms with Crippen LogP contribution in [0.1, 0.15) is 0 Å². The largest absolute Gasteiger partial charge is 0.481 e. The summed E-state index contributed by atoms with van der Waals surface area (Å²) in [7, 11) is 0. The molecule has 0 saturated heterocycles. The first kappa shape index (κ1) is 10.5. The van der Waals surface area contributed by atoms with E-state index in [0.29, 0.717) is 6.08 Å². The average molecular weight is 142 g/mol. The fraction of sp³-hybridized carbons (Fsp3) is 0.333. The third-order valence-corrected chi connectivity index (χ3v) is 0.320. The molecule has 0 rings (SSSR count). The van der Waals surface area contributed by atoms with Crippen LogP contribution >= 0.6 is 12.4 Å². The summed E-state index contributed by atoms with van der Waals surface area (Å²) in [5.41, 5.74) is 4.65. The quantitative estimate of drug-likeness (QED) is 0.297. The predicted molar refractivity (Wildman–Crippen MR) is 30.8 cm³/mol. The Labute approximate surface area is 52.7 Å². The van der Waals surface area contributed by atoms with Crippen LogP contribution in [0.4, 0.5) is 0 Å². The van der Waals surface area contributed by atoms with Crippen molar-refractivity contribution in [3.8, 4) is 0 Å². The van der Waals surface area contributed by atoms with Crippen molar-refractivity contribution in [3.05, 3.63) is 12.0 Å². The number of rotatable bonds is 1. The summed E-state index contributed by atoms with van der Waals surface area (Å²) in [6.07, 6.45) is -0.593. The van der Waals surface area contributed by atoms with Gasteiger partial charge in [0, 0.05) is 6.08 Å². The van der Waals surface area contributed by atoms with Gasteiger partial charge in [-0.1, -0.05) is 0 Å². The first-order valence-corrected chi connectivity index (χ1v) is 1.66. The van der Waals surface area contributed by atoms with E-state index in [9.17, 15) is 0 Å². The maximum Gasteiger partial charge on any atom is 0.273 e. The minimum atomic E-state index is -1.29. The number of aliphatic hydroxyl groups is 3. The van der Waals surface area contributed by atoms with Gasteiger partial charge in [-0.05, 0) is 0 Å². The van der Waals surface area contributed by atoms with Crippen molar-refractivity contribution in [2.75, 3.05) is 0 Å². The number of nitrogens with two attached hydrogens (primary N) is 1. The summed E-state index contributed by atoms with van der Waals surface area (Å²) in [5, 5.41) is 23.9. The van der Waals surface area contributed by atoms with E-state index in [1.807, 2.05) is 0 Å². The van der Waals surface area contributed by atoms with Crippen LogP contribution in [-0.2, 0) is 0 Å².